The number of hydrogen-bond acceptors (Lipinski definition) is 5. The molecule has 3 N–H and O–H groups in total. The summed E-state index contributed by atoms with van der Waals surface area (Å²) in [5, 5.41) is 18.0. The van der Waals surface area contributed by atoms with Gasteiger partial charge in [-0.2, -0.15) is 0 Å². The highest BCUT2D eigenvalue weighted by molar-refractivity contribution is 7.10. The van der Waals surface area contributed by atoms with E-state index in [0.717, 1.165) is 11.5 Å². The first-order valence-corrected chi connectivity index (χ1v) is 6.07. The number of carboxylic acid groups (broad SMARTS) is 1. The number of rotatable bonds is 4. The molecule has 0 radical (unpaired) electrons. The van der Waals surface area contributed by atoms with Gasteiger partial charge in [0.15, 0.2) is 6.04 Å². The van der Waals surface area contributed by atoms with Gasteiger partial charge in [-0.15, -0.1) is 5.10 Å². The molecule has 2 rings (SSSR count). The van der Waals surface area contributed by atoms with Gasteiger partial charge in [0, 0.05) is 11.5 Å². The van der Waals surface area contributed by atoms with Gasteiger partial charge in [0.2, 0.25) is 0 Å². The van der Waals surface area contributed by atoms with Crippen molar-refractivity contribution < 1.29 is 14.7 Å². The van der Waals surface area contributed by atoms with Gasteiger partial charge in [0.05, 0.1) is 6.20 Å². The Bertz CT molecular complexity index is 559. The lowest BCUT2D eigenvalue weighted by Crippen LogP contribution is -2.36. The Hall–Kier alpha value is -2.48. The van der Waals surface area contributed by atoms with Crippen LogP contribution in [0.5, 0.6) is 0 Å². The summed E-state index contributed by atoms with van der Waals surface area (Å²) in [6.07, 6.45) is 1.38. The fourth-order valence-electron chi connectivity index (χ4n) is 1.43. The smallest absolute Gasteiger partial charge is 0.330 e. The normalized spacial score (nSPS) is 11.6. The fraction of sp³-hybridized carbons (Fsp3) is 0.0909. The van der Waals surface area contributed by atoms with Crippen LogP contribution in [0.3, 0.4) is 0 Å². The van der Waals surface area contributed by atoms with Gasteiger partial charge in [-0.3, -0.25) is 5.32 Å². The molecule has 1 heterocycles. The quantitative estimate of drug-likeness (QED) is 0.786. The molecule has 0 aliphatic carbocycles. The highest BCUT2D eigenvalue weighted by Crippen LogP contribution is 2.14. The molecule has 98 valence electrons. The van der Waals surface area contributed by atoms with Crippen LogP contribution >= 0.6 is 11.5 Å². The molecule has 0 spiro atoms. The number of amides is 2. The Morgan fingerprint density at radius 1 is 1.26 bits per heavy atom. The lowest BCUT2D eigenvalue weighted by molar-refractivity contribution is -0.139. The summed E-state index contributed by atoms with van der Waals surface area (Å²) < 4.78 is 3.58. The maximum Gasteiger partial charge on any atom is 0.330 e. The van der Waals surface area contributed by atoms with Gasteiger partial charge in [0.1, 0.15) is 5.00 Å². The Balaban J connectivity index is 2.05. The molecule has 2 aromatic rings. The van der Waals surface area contributed by atoms with E-state index in [1.165, 1.54) is 6.20 Å². The van der Waals surface area contributed by atoms with Gasteiger partial charge in [-0.1, -0.05) is 34.8 Å². The predicted molar refractivity (Wildman–Crippen MR) is 68.9 cm³/mol. The minimum Gasteiger partial charge on any atom is -0.479 e. The Morgan fingerprint density at radius 2 is 2.00 bits per heavy atom. The highest BCUT2D eigenvalue weighted by Gasteiger charge is 2.21. The Labute approximate surface area is 112 Å². The molecule has 8 heteroatoms. The largest absolute Gasteiger partial charge is 0.479 e. The van der Waals surface area contributed by atoms with Crippen LogP contribution in [0.15, 0.2) is 36.5 Å². The molecule has 0 bridgehead atoms. The molecule has 1 atom stereocenters. The number of aromatic nitrogens is 2. The van der Waals surface area contributed by atoms with Gasteiger partial charge in [-0.25, -0.2) is 9.59 Å². The number of anilines is 1. The molecule has 0 saturated carbocycles. The average molecular weight is 278 g/mol. The van der Waals surface area contributed by atoms with Crippen LogP contribution in [0.1, 0.15) is 11.6 Å². The zero-order valence-corrected chi connectivity index (χ0v) is 10.4. The number of carboxylic acids is 1. The monoisotopic (exact) mass is 278 g/mol. The minimum atomic E-state index is -1.14. The molecule has 2 amide bonds. The van der Waals surface area contributed by atoms with Crippen molar-refractivity contribution in [3.63, 3.8) is 0 Å². The van der Waals surface area contributed by atoms with Crippen LogP contribution in [0, 0.1) is 0 Å². The highest BCUT2D eigenvalue weighted by atomic mass is 32.1. The van der Waals surface area contributed by atoms with E-state index in [0.29, 0.717) is 10.6 Å². The van der Waals surface area contributed by atoms with E-state index >= 15 is 0 Å². The summed E-state index contributed by atoms with van der Waals surface area (Å²) >= 11 is 1.00. The Morgan fingerprint density at radius 3 is 2.58 bits per heavy atom. The number of aliphatic carboxylic acids is 1. The van der Waals surface area contributed by atoms with Crippen molar-refractivity contribution in [1.82, 2.24) is 14.9 Å². The summed E-state index contributed by atoms with van der Waals surface area (Å²) in [4.78, 5) is 22.8. The number of hydrogen-bond donors (Lipinski definition) is 3. The van der Waals surface area contributed by atoms with Crippen molar-refractivity contribution >= 4 is 28.5 Å². The molecular weight excluding hydrogens is 268 g/mol. The van der Waals surface area contributed by atoms with Crippen LogP contribution in [0.2, 0.25) is 0 Å². The lowest BCUT2D eigenvalue weighted by Gasteiger charge is -2.14. The molecular formula is C11H10N4O3S. The van der Waals surface area contributed by atoms with Crippen molar-refractivity contribution in [2.24, 2.45) is 0 Å². The molecule has 1 aromatic carbocycles. The van der Waals surface area contributed by atoms with Crippen LogP contribution in [0.4, 0.5) is 9.80 Å². The predicted octanol–water partition coefficient (Wildman–Crippen LogP) is 1.49. The molecule has 0 aliphatic rings. The van der Waals surface area contributed by atoms with Crippen LogP contribution in [-0.2, 0) is 4.79 Å². The zero-order valence-electron chi connectivity index (χ0n) is 9.61. The molecule has 19 heavy (non-hydrogen) atoms. The zero-order chi connectivity index (χ0) is 13.7. The third-order valence-corrected chi connectivity index (χ3v) is 2.83. The Kier molecular flexibility index (Phi) is 4.04. The molecule has 0 fully saturated rings. The maximum atomic E-state index is 11.7. The van der Waals surface area contributed by atoms with E-state index in [9.17, 15) is 9.59 Å². The number of carbonyl (C=O) groups is 2. The van der Waals surface area contributed by atoms with Gasteiger partial charge < -0.3 is 10.4 Å². The van der Waals surface area contributed by atoms with E-state index in [1.807, 2.05) is 0 Å². The maximum absolute atomic E-state index is 11.7. The average Bonchev–Trinajstić information content (AvgIpc) is 2.89. The van der Waals surface area contributed by atoms with Crippen molar-refractivity contribution in [3.05, 3.63) is 42.1 Å². The van der Waals surface area contributed by atoms with Gasteiger partial charge >= 0.3 is 12.0 Å². The van der Waals surface area contributed by atoms with Crippen molar-refractivity contribution in [2.75, 3.05) is 5.32 Å². The second kappa shape index (κ2) is 5.91. The second-order valence-electron chi connectivity index (χ2n) is 3.56. The number of benzene rings is 1. The van der Waals surface area contributed by atoms with Gasteiger partial charge in [0.25, 0.3) is 0 Å². The number of carbonyl (C=O) groups excluding carboxylic acids is 1. The minimum absolute atomic E-state index is 0.440. The topological polar surface area (TPSA) is 104 Å². The first-order chi connectivity index (χ1) is 9.16. The van der Waals surface area contributed by atoms with E-state index < -0.39 is 18.0 Å². The summed E-state index contributed by atoms with van der Waals surface area (Å²) in [6.45, 7) is 0. The van der Waals surface area contributed by atoms with E-state index in [1.54, 1.807) is 30.3 Å². The summed E-state index contributed by atoms with van der Waals surface area (Å²) in [6, 6.07) is 6.71. The molecule has 1 aromatic heterocycles. The summed E-state index contributed by atoms with van der Waals surface area (Å²) in [7, 11) is 0. The van der Waals surface area contributed by atoms with Crippen molar-refractivity contribution in [2.45, 2.75) is 6.04 Å². The van der Waals surface area contributed by atoms with E-state index in [4.69, 9.17) is 5.11 Å². The van der Waals surface area contributed by atoms with Crippen LogP contribution in [0.25, 0.3) is 0 Å². The SMILES string of the molecule is O=C(Nc1cnns1)NC(C(=O)O)c1ccccc1. The molecule has 1 unspecified atom stereocenters. The first-order valence-electron chi connectivity index (χ1n) is 5.29. The fourth-order valence-corrected chi connectivity index (χ4v) is 1.85. The molecule has 7 nitrogen and oxygen atoms in total. The van der Waals surface area contributed by atoms with Crippen molar-refractivity contribution in [3.8, 4) is 0 Å². The number of nitrogens with one attached hydrogen (secondary N) is 2. The van der Waals surface area contributed by atoms with E-state index in [-0.39, 0.29) is 0 Å². The molecule has 0 aliphatic heterocycles. The first kappa shape index (κ1) is 13.0. The van der Waals surface area contributed by atoms with E-state index in [2.05, 4.69) is 20.2 Å². The standard InChI is InChI=1S/C11H10N4O3S/c16-10(17)9(7-4-2-1-3-5-7)14-11(18)13-8-6-12-15-19-8/h1-6,9H,(H,16,17)(H2,13,14,18). The van der Waals surface area contributed by atoms with Crippen LogP contribution < -0.4 is 10.6 Å². The van der Waals surface area contributed by atoms with Crippen LogP contribution in [-0.4, -0.2) is 26.7 Å². The number of nitrogens with zero attached hydrogens (tertiary/aromatic N) is 2. The van der Waals surface area contributed by atoms with Crippen molar-refractivity contribution in [1.29, 1.82) is 0 Å². The third-order valence-electron chi connectivity index (χ3n) is 2.25. The third kappa shape index (κ3) is 3.49. The molecule has 0 saturated heterocycles. The second-order valence-corrected chi connectivity index (χ2v) is 4.35. The summed E-state index contributed by atoms with van der Waals surface area (Å²) in [5.41, 5.74) is 0.493. The summed E-state index contributed by atoms with van der Waals surface area (Å²) in [5.74, 6) is -1.14. The van der Waals surface area contributed by atoms with Gasteiger partial charge in [-0.05, 0) is 5.56 Å². The lowest BCUT2D eigenvalue weighted by atomic mass is 10.1. The number of urea groups is 1.